The zero-order valence-corrected chi connectivity index (χ0v) is 13.2. The molecule has 1 aromatic rings. The summed E-state index contributed by atoms with van der Waals surface area (Å²) >= 11 is 0. The van der Waals surface area contributed by atoms with Crippen molar-refractivity contribution in [2.24, 2.45) is 22.7 Å². The first-order valence-electron chi connectivity index (χ1n) is 8.46. The predicted molar refractivity (Wildman–Crippen MR) is 87.4 cm³/mol. The minimum Gasteiger partial charge on any atom is -0.371 e. The molecule has 1 N–H and O–H groups in total. The van der Waals surface area contributed by atoms with Gasteiger partial charge in [-0.25, -0.2) is 0 Å². The van der Waals surface area contributed by atoms with E-state index in [1.807, 2.05) is 6.34 Å². The Bertz CT molecular complexity index is 552. The molecular weight excluding hydrogens is 256 g/mol. The number of hydrogen-bond acceptors (Lipinski definition) is 2. The fourth-order valence-corrected chi connectivity index (χ4v) is 5.37. The van der Waals surface area contributed by atoms with Crippen molar-refractivity contribution < 1.29 is 0 Å². The maximum atomic E-state index is 4.82. The van der Waals surface area contributed by atoms with Crippen molar-refractivity contribution in [3.8, 4) is 0 Å². The molecule has 1 aromatic carbocycles. The van der Waals surface area contributed by atoms with Crippen LogP contribution in [0.25, 0.3) is 0 Å². The van der Waals surface area contributed by atoms with Gasteiger partial charge in [0, 0.05) is 5.54 Å². The maximum absolute atomic E-state index is 4.82. The first-order valence-corrected chi connectivity index (χ1v) is 8.46. The lowest BCUT2D eigenvalue weighted by Gasteiger charge is -2.47. The summed E-state index contributed by atoms with van der Waals surface area (Å²) < 4.78 is 0. The van der Waals surface area contributed by atoms with Crippen LogP contribution in [0.3, 0.4) is 0 Å². The topological polar surface area (TPSA) is 24.4 Å². The van der Waals surface area contributed by atoms with E-state index in [0.717, 1.165) is 24.2 Å². The molecule has 0 amide bonds. The number of nitrogens with zero attached hydrogens (tertiary/aromatic N) is 1. The molecule has 2 heteroatoms. The third kappa shape index (κ3) is 2.11. The smallest absolute Gasteiger partial charge is 0.0868 e. The molecule has 2 bridgehead atoms. The predicted octanol–water partition coefficient (Wildman–Crippen LogP) is 4.12. The third-order valence-electron chi connectivity index (χ3n) is 6.41. The average Bonchev–Trinajstić information content (AvgIpc) is 3.11. The van der Waals surface area contributed by atoms with Gasteiger partial charge in [0.2, 0.25) is 0 Å². The van der Waals surface area contributed by atoms with Crippen LogP contribution < -0.4 is 5.32 Å². The molecule has 1 aliphatic heterocycles. The second-order valence-corrected chi connectivity index (χ2v) is 7.92. The minimum atomic E-state index is -0.0803. The van der Waals surface area contributed by atoms with Gasteiger partial charge in [-0.3, -0.25) is 4.99 Å². The lowest BCUT2D eigenvalue weighted by molar-refractivity contribution is 0.136. The molecule has 2 fully saturated rings. The third-order valence-corrected chi connectivity index (χ3v) is 6.41. The van der Waals surface area contributed by atoms with Gasteiger partial charge in [0.1, 0.15) is 0 Å². The highest BCUT2D eigenvalue weighted by atomic mass is 15.1. The van der Waals surface area contributed by atoms with Crippen LogP contribution in [0.2, 0.25) is 0 Å². The first-order chi connectivity index (χ1) is 10.1. The van der Waals surface area contributed by atoms with Crippen molar-refractivity contribution in [1.82, 2.24) is 5.32 Å². The van der Waals surface area contributed by atoms with E-state index in [1.54, 1.807) is 0 Å². The Balaban J connectivity index is 1.63. The SMILES string of the molecule is CC1(c2ccccc2)CC(C)(C2CC3CCC2C3)NC=N1. The molecule has 2 saturated carbocycles. The van der Waals surface area contributed by atoms with E-state index in [2.05, 4.69) is 49.5 Å². The van der Waals surface area contributed by atoms with E-state index < -0.39 is 0 Å². The van der Waals surface area contributed by atoms with Crippen LogP contribution in [0.15, 0.2) is 35.3 Å². The summed E-state index contributed by atoms with van der Waals surface area (Å²) in [6.07, 6.45) is 8.91. The maximum Gasteiger partial charge on any atom is 0.0868 e. The number of hydrogen-bond donors (Lipinski definition) is 1. The highest BCUT2D eigenvalue weighted by Gasteiger charge is 2.51. The Kier molecular flexibility index (Phi) is 2.92. The van der Waals surface area contributed by atoms with Gasteiger partial charge in [-0.2, -0.15) is 0 Å². The van der Waals surface area contributed by atoms with Gasteiger partial charge in [-0.1, -0.05) is 36.8 Å². The largest absolute Gasteiger partial charge is 0.371 e. The van der Waals surface area contributed by atoms with E-state index in [4.69, 9.17) is 4.99 Å². The number of nitrogens with one attached hydrogen (secondary N) is 1. The van der Waals surface area contributed by atoms with Crippen LogP contribution >= 0.6 is 0 Å². The molecular formula is C19H26N2. The van der Waals surface area contributed by atoms with Gasteiger partial charge >= 0.3 is 0 Å². The number of benzene rings is 1. The highest BCUT2D eigenvalue weighted by Crippen LogP contribution is 2.54. The van der Waals surface area contributed by atoms with Crippen molar-refractivity contribution in [2.45, 2.75) is 57.0 Å². The van der Waals surface area contributed by atoms with E-state index >= 15 is 0 Å². The van der Waals surface area contributed by atoms with Crippen LogP contribution in [-0.4, -0.2) is 11.9 Å². The summed E-state index contributed by atoms with van der Waals surface area (Å²) in [6, 6.07) is 10.8. The van der Waals surface area contributed by atoms with E-state index in [0.29, 0.717) is 0 Å². The Morgan fingerprint density at radius 3 is 2.57 bits per heavy atom. The Morgan fingerprint density at radius 2 is 1.90 bits per heavy atom. The van der Waals surface area contributed by atoms with Crippen LogP contribution in [0.4, 0.5) is 0 Å². The first kappa shape index (κ1) is 13.4. The Hall–Kier alpha value is -1.31. The van der Waals surface area contributed by atoms with Crippen molar-refractivity contribution in [1.29, 1.82) is 0 Å². The van der Waals surface area contributed by atoms with E-state index in [-0.39, 0.29) is 11.1 Å². The number of rotatable bonds is 2. The van der Waals surface area contributed by atoms with Crippen molar-refractivity contribution in [3.63, 3.8) is 0 Å². The average molecular weight is 282 g/mol. The van der Waals surface area contributed by atoms with Gasteiger partial charge in [0.15, 0.2) is 0 Å². The lowest BCUT2D eigenvalue weighted by Crippen LogP contribution is -2.56. The molecule has 0 spiro atoms. The molecule has 2 nitrogen and oxygen atoms in total. The summed E-state index contributed by atoms with van der Waals surface area (Å²) in [4.78, 5) is 4.82. The molecule has 4 rings (SSSR count). The molecule has 0 radical (unpaired) electrons. The van der Waals surface area contributed by atoms with Gasteiger partial charge < -0.3 is 5.32 Å². The van der Waals surface area contributed by atoms with Crippen LogP contribution in [0, 0.1) is 17.8 Å². The van der Waals surface area contributed by atoms with Gasteiger partial charge in [0.05, 0.1) is 11.9 Å². The molecule has 2 aliphatic carbocycles. The van der Waals surface area contributed by atoms with Gasteiger partial charge in [-0.05, 0) is 62.8 Å². The summed E-state index contributed by atoms with van der Waals surface area (Å²) in [5.74, 6) is 2.77. The molecule has 5 atom stereocenters. The number of fused-ring (bicyclic) bond motifs is 2. The molecule has 5 unspecified atom stereocenters. The molecule has 21 heavy (non-hydrogen) atoms. The molecule has 0 saturated heterocycles. The molecule has 1 heterocycles. The van der Waals surface area contributed by atoms with Gasteiger partial charge in [-0.15, -0.1) is 0 Å². The highest BCUT2D eigenvalue weighted by molar-refractivity contribution is 5.59. The van der Waals surface area contributed by atoms with Gasteiger partial charge in [0.25, 0.3) is 0 Å². The van der Waals surface area contributed by atoms with Crippen molar-refractivity contribution >= 4 is 6.34 Å². The second-order valence-electron chi connectivity index (χ2n) is 7.92. The molecule has 3 aliphatic rings. The lowest BCUT2D eigenvalue weighted by atomic mass is 9.68. The summed E-state index contributed by atoms with van der Waals surface area (Å²) in [6.45, 7) is 4.73. The fraction of sp³-hybridized carbons (Fsp3) is 0.632. The van der Waals surface area contributed by atoms with Crippen LogP contribution in [0.5, 0.6) is 0 Å². The van der Waals surface area contributed by atoms with Crippen LogP contribution in [0.1, 0.15) is 51.5 Å². The fourth-order valence-electron chi connectivity index (χ4n) is 5.37. The summed E-state index contributed by atoms with van der Waals surface area (Å²) in [5, 5.41) is 3.66. The minimum absolute atomic E-state index is 0.0803. The van der Waals surface area contributed by atoms with E-state index in [1.165, 1.54) is 31.2 Å². The normalized spacial score (nSPS) is 44.8. The zero-order valence-electron chi connectivity index (χ0n) is 13.2. The zero-order chi connectivity index (χ0) is 14.5. The van der Waals surface area contributed by atoms with Crippen molar-refractivity contribution in [3.05, 3.63) is 35.9 Å². The summed E-state index contributed by atoms with van der Waals surface area (Å²) in [7, 11) is 0. The Labute approximate surface area is 128 Å². The van der Waals surface area contributed by atoms with Crippen molar-refractivity contribution in [2.75, 3.05) is 0 Å². The second kappa shape index (κ2) is 4.59. The Morgan fingerprint density at radius 1 is 1.10 bits per heavy atom. The van der Waals surface area contributed by atoms with Crippen LogP contribution in [-0.2, 0) is 5.54 Å². The van der Waals surface area contributed by atoms with E-state index in [9.17, 15) is 0 Å². The summed E-state index contributed by atoms with van der Waals surface area (Å²) in [5.41, 5.74) is 1.46. The molecule has 112 valence electrons. The quantitative estimate of drug-likeness (QED) is 0.867. The number of aliphatic imine (C=N–C) groups is 1. The molecule has 0 aromatic heterocycles. The standard InChI is InChI=1S/C19H26N2/c1-18(16-6-4-3-5-7-16)12-19(2,21-13-20-18)17-11-14-8-9-15(17)10-14/h3-7,13-15,17H,8-12H2,1-2H3,(H,20,21). The monoisotopic (exact) mass is 282 g/mol.